The number of hydrogen-bond acceptors (Lipinski definition) is 3. The Morgan fingerprint density at radius 3 is 2.53 bits per heavy atom. The molecule has 3 heteroatoms. The van der Waals surface area contributed by atoms with Gasteiger partial charge in [-0.25, -0.2) is 0 Å². The summed E-state index contributed by atoms with van der Waals surface area (Å²) in [5, 5.41) is 11.3. The van der Waals surface area contributed by atoms with E-state index in [1.54, 1.807) is 0 Å². The summed E-state index contributed by atoms with van der Waals surface area (Å²) < 4.78 is 6.13. The second-order valence-electron chi connectivity index (χ2n) is 11.9. The zero-order chi connectivity index (χ0) is 22.7. The zero-order valence-electron chi connectivity index (χ0n) is 20.3. The summed E-state index contributed by atoms with van der Waals surface area (Å²) in [7, 11) is 0. The maximum atomic E-state index is 12.4. The molecule has 0 radical (unpaired) electrons. The SMILES string of the molecule is CC(=O)[C@H]1CC[C@H]2[C@@H]3CC=C4CC(O)(OCc5ccc(C)cc5)CC[C@]4(C)[C@H]3CC[C@]12C. The molecule has 7 atom stereocenters. The normalized spacial score (nSPS) is 43.1. The molecule has 0 aliphatic heterocycles. The highest BCUT2D eigenvalue weighted by Gasteiger charge is 2.60. The van der Waals surface area contributed by atoms with Crippen molar-refractivity contribution in [3.8, 4) is 0 Å². The maximum absolute atomic E-state index is 12.4. The first kappa shape index (κ1) is 22.3. The number of fused-ring (bicyclic) bond motifs is 5. The average Bonchev–Trinajstić information content (AvgIpc) is 3.12. The smallest absolute Gasteiger partial charge is 0.169 e. The highest BCUT2D eigenvalue weighted by atomic mass is 16.6. The van der Waals surface area contributed by atoms with Crippen molar-refractivity contribution in [2.45, 2.75) is 91.5 Å². The van der Waals surface area contributed by atoms with Gasteiger partial charge in [0, 0.05) is 18.8 Å². The van der Waals surface area contributed by atoms with Gasteiger partial charge in [0.05, 0.1) is 6.61 Å². The Morgan fingerprint density at radius 2 is 1.81 bits per heavy atom. The van der Waals surface area contributed by atoms with Crippen LogP contribution in [0.3, 0.4) is 0 Å². The van der Waals surface area contributed by atoms with Crippen LogP contribution in [0.1, 0.15) is 83.3 Å². The summed E-state index contributed by atoms with van der Waals surface area (Å²) in [5.41, 5.74) is 4.13. The zero-order valence-corrected chi connectivity index (χ0v) is 20.3. The molecule has 4 aliphatic carbocycles. The molecule has 0 saturated heterocycles. The largest absolute Gasteiger partial charge is 0.365 e. The van der Waals surface area contributed by atoms with E-state index in [0.717, 1.165) is 24.8 Å². The van der Waals surface area contributed by atoms with Crippen LogP contribution in [0.2, 0.25) is 0 Å². The van der Waals surface area contributed by atoms with Crippen LogP contribution in [0.25, 0.3) is 0 Å². The number of hydrogen-bond donors (Lipinski definition) is 1. The van der Waals surface area contributed by atoms with Gasteiger partial charge < -0.3 is 9.84 Å². The second kappa shape index (κ2) is 7.81. The molecule has 4 aliphatic rings. The Kier molecular flexibility index (Phi) is 5.45. The van der Waals surface area contributed by atoms with E-state index in [1.165, 1.54) is 30.4 Å². The highest BCUT2D eigenvalue weighted by molar-refractivity contribution is 5.79. The van der Waals surface area contributed by atoms with Gasteiger partial charge >= 0.3 is 0 Å². The fourth-order valence-corrected chi connectivity index (χ4v) is 8.31. The standard InChI is InChI=1S/C29H40O3/c1-19-5-7-21(8-6-19)18-32-29(31)16-15-27(3)22(17-29)9-10-23-25-12-11-24(20(2)30)28(25,4)14-13-26(23)27/h5-9,23-26,31H,10-18H2,1-4H3/t23-,24+,25-,26-,27-,28+,29?/m0/s1. The van der Waals surface area contributed by atoms with Crippen LogP contribution in [0, 0.1) is 41.4 Å². The molecule has 0 bridgehead atoms. The lowest BCUT2D eigenvalue weighted by Gasteiger charge is -2.58. The predicted molar refractivity (Wildman–Crippen MR) is 127 cm³/mol. The Labute approximate surface area is 193 Å². The number of aliphatic hydroxyl groups is 1. The molecule has 174 valence electrons. The number of ether oxygens (including phenoxy) is 1. The summed E-state index contributed by atoms with van der Waals surface area (Å²) in [6, 6.07) is 8.37. The number of Topliss-reactive ketones (excluding diaryl/α,β-unsaturated/α-hetero) is 1. The molecule has 1 unspecified atom stereocenters. The van der Waals surface area contributed by atoms with Gasteiger partial charge in [-0.3, -0.25) is 4.79 Å². The summed E-state index contributed by atoms with van der Waals surface area (Å²) in [4.78, 5) is 12.4. The van der Waals surface area contributed by atoms with Crippen molar-refractivity contribution in [2.75, 3.05) is 0 Å². The van der Waals surface area contributed by atoms with Crippen molar-refractivity contribution < 1.29 is 14.6 Å². The lowest BCUT2D eigenvalue weighted by Crippen LogP contribution is -2.52. The Balaban J connectivity index is 1.32. The number of allylic oxidation sites excluding steroid dienone is 1. The molecular weight excluding hydrogens is 396 g/mol. The van der Waals surface area contributed by atoms with E-state index in [9.17, 15) is 9.90 Å². The third-order valence-electron chi connectivity index (χ3n) is 10.2. The van der Waals surface area contributed by atoms with E-state index in [1.807, 2.05) is 6.92 Å². The van der Waals surface area contributed by atoms with E-state index in [2.05, 4.69) is 51.1 Å². The molecule has 1 aromatic rings. The minimum Gasteiger partial charge on any atom is -0.365 e. The molecule has 32 heavy (non-hydrogen) atoms. The fraction of sp³-hybridized carbons (Fsp3) is 0.690. The molecule has 1 aromatic carbocycles. The lowest BCUT2D eigenvalue weighted by atomic mass is 9.47. The Hall–Kier alpha value is -1.45. The minimum absolute atomic E-state index is 0.165. The summed E-state index contributed by atoms with van der Waals surface area (Å²) in [6.45, 7) is 9.22. The molecule has 0 aromatic heterocycles. The average molecular weight is 437 g/mol. The number of ketones is 1. The molecule has 5 rings (SSSR count). The maximum Gasteiger partial charge on any atom is 0.169 e. The van der Waals surface area contributed by atoms with Gasteiger partial charge in [0.2, 0.25) is 0 Å². The molecule has 0 heterocycles. The van der Waals surface area contributed by atoms with E-state index in [4.69, 9.17) is 4.74 Å². The van der Waals surface area contributed by atoms with Crippen molar-refractivity contribution in [2.24, 2.45) is 34.5 Å². The van der Waals surface area contributed by atoms with Crippen LogP contribution in [0.15, 0.2) is 35.9 Å². The fourth-order valence-electron chi connectivity index (χ4n) is 8.31. The molecule has 0 spiro atoms. The first-order valence-electron chi connectivity index (χ1n) is 12.8. The topological polar surface area (TPSA) is 46.5 Å². The van der Waals surface area contributed by atoms with Crippen LogP contribution in [-0.2, 0) is 16.1 Å². The Bertz CT molecular complexity index is 917. The van der Waals surface area contributed by atoms with Crippen molar-refractivity contribution in [1.29, 1.82) is 0 Å². The summed E-state index contributed by atoms with van der Waals surface area (Å²) in [5.74, 6) is 1.64. The third kappa shape index (κ3) is 3.51. The van der Waals surface area contributed by atoms with Gasteiger partial charge in [-0.15, -0.1) is 0 Å². The molecule has 3 fully saturated rings. The number of carbonyl (C=O) groups excluding carboxylic acids is 1. The summed E-state index contributed by atoms with van der Waals surface area (Å²) in [6.07, 6.45) is 10.6. The first-order valence-corrected chi connectivity index (χ1v) is 12.8. The van der Waals surface area contributed by atoms with E-state index in [0.29, 0.717) is 43.0 Å². The second-order valence-corrected chi connectivity index (χ2v) is 11.9. The van der Waals surface area contributed by atoms with Crippen molar-refractivity contribution in [3.63, 3.8) is 0 Å². The molecule has 3 saturated carbocycles. The molecule has 0 amide bonds. The number of aryl methyl sites for hydroxylation is 1. The molecule has 1 N–H and O–H groups in total. The van der Waals surface area contributed by atoms with Crippen LogP contribution < -0.4 is 0 Å². The highest BCUT2D eigenvalue weighted by Crippen LogP contribution is 2.66. The van der Waals surface area contributed by atoms with Gasteiger partial charge in [-0.2, -0.15) is 0 Å². The van der Waals surface area contributed by atoms with E-state index >= 15 is 0 Å². The molecular formula is C29H40O3. The van der Waals surface area contributed by atoms with Crippen LogP contribution >= 0.6 is 0 Å². The first-order chi connectivity index (χ1) is 15.1. The Morgan fingerprint density at radius 1 is 1.06 bits per heavy atom. The van der Waals surface area contributed by atoms with Crippen molar-refractivity contribution in [1.82, 2.24) is 0 Å². The van der Waals surface area contributed by atoms with Crippen molar-refractivity contribution in [3.05, 3.63) is 47.0 Å². The van der Waals surface area contributed by atoms with Gasteiger partial charge in [-0.1, -0.05) is 55.3 Å². The number of carbonyl (C=O) groups is 1. The number of benzene rings is 1. The van der Waals surface area contributed by atoms with Crippen LogP contribution in [-0.4, -0.2) is 16.7 Å². The summed E-state index contributed by atoms with van der Waals surface area (Å²) >= 11 is 0. The monoisotopic (exact) mass is 436 g/mol. The van der Waals surface area contributed by atoms with Gasteiger partial charge in [0.25, 0.3) is 0 Å². The molecule has 3 nitrogen and oxygen atoms in total. The van der Waals surface area contributed by atoms with E-state index in [-0.39, 0.29) is 16.7 Å². The van der Waals surface area contributed by atoms with Gasteiger partial charge in [0.1, 0.15) is 5.78 Å². The van der Waals surface area contributed by atoms with Crippen LogP contribution in [0.5, 0.6) is 0 Å². The third-order valence-corrected chi connectivity index (χ3v) is 10.2. The van der Waals surface area contributed by atoms with Gasteiger partial charge in [0.15, 0.2) is 5.79 Å². The van der Waals surface area contributed by atoms with Crippen LogP contribution in [0.4, 0.5) is 0 Å². The predicted octanol–water partition coefficient (Wildman–Crippen LogP) is 6.37. The van der Waals surface area contributed by atoms with Gasteiger partial charge in [-0.05, 0) is 86.5 Å². The number of rotatable bonds is 4. The quantitative estimate of drug-likeness (QED) is 0.441. The lowest BCUT2D eigenvalue weighted by molar-refractivity contribution is -0.231. The van der Waals surface area contributed by atoms with E-state index < -0.39 is 5.79 Å². The minimum atomic E-state index is -1.06. The van der Waals surface area contributed by atoms with Crippen molar-refractivity contribution >= 4 is 5.78 Å².